The second-order valence-corrected chi connectivity index (χ2v) is 12.1. The third kappa shape index (κ3) is 4.17. The number of hydrogen-bond donors (Lipinski definition) is 0. The maximum atomic E-state index is 13.4. The Morgan fingerprint density at radius 1 is 0.833 bits per heavy atom. The molecular formula is C22H20BrNO4S2. The van der Waals surface area contributed by atoms with Gasteiger partial charge in [0, 0.05) is 11.0 Å². The van der Waals surface area contributed by atoms with E-state index in [4.69, 9.17) is 0 Å². The van der Waals surface area contributed by atoms with E-state index in [-0.39, 0.29) is 28.0 Å². The number of benzene rings is 3. The highest BCUT2D eigenvalue weighted by Crippen LogP contribution is 2.36. The molecule has 156 valence electrons. The molecule has 1 unspecified atom stereocenters. The van der Waals surface area contributed by atoms with Crippen LogP contribution in [0.5, 0.6) is 0 Å². The van der Waals surface area contributed by atoms with Gasteiger partial charge in [-0.15, -0.1) is 0 Å². The summed E-state index contributed by atoms with van der Waals surface area (Å²) in [5.41, 5.74) is 1.40. The summed E-state index contributed by atoms with van der Waals surface area (Å²) in [6.45, 7) is 0.109. The summed E-state index contributed by atoms with van der Waals surface area (Å²) in [4.78, 5) is 0.438. The predicted octanol–water partition coefficient (Wildman–Crippen LogP) is 4.29. The van der Waals surface area contributed by atoms with Crippen LogP contribution in [-0.2, 0) is 26.3 Å². The quantitative estimate of drug-likeness (QED) is 0.518. The zero-order valence-electron chi connectivity index (χ0n) is 16.0. The highest BCUT2D eigenvalue weighted by atomic mass is 79.9. The van der Waals surface area contributed by atoms with E-state index in [1.54, 1.807) is 72.8 Å². The largest absolute Gasteiger partial charge is 0.266 e. The highest BCUT2D eigenvalue weighted by molar-refractivity contribution is 9.10. The monoisotopic (exact) mass is 505 g/mol. The van der Waals surface area contributed by atoms with E-state index in [0.717, 1.165) is 10.0 Å². The third-order valence-electron chi connectivity index (χ3n) is 5.13. The lowest BCUT2D eigenvalue weighted by molar-refractivity contribution is 0.529. The molecule has 0 N–H and O–H groups in total. The van der Waals surface area contributed by atoms with E-state index in [0.29, 0.717) is 12.1 Å². The molecule has 3 aromatic rings. The van der Waals surface area contributed by atoms with Crippen LogP contribution in [0.4, 0.5) is 5.69 Å². The number of sulfonamides is 1. The molecule has 0 fully saturated rings. The van der Waals surface area contributed by atoms with Crippen molar-refractivity contribution in [3.63, 3.8) is 0 Å². The van der Waals surface area contributed by atoms with Crippen LogP contribution in [0.3, 0.4) is 0 Å². The van der Waals surface area contributed by atoms with E-state index >= 15 is 0 Å². The Hall–Kier alpha value is -2.16. The number of anilines is 1. The van der Waals surface area contributed by atoms with Crippen molar-refractivity contribution >= 4 is 41.5 Å². The average molecular weight is 506 g/mol. The minimum Gasteiger partial charge on any atom is -0.266 e. The van der Waals surface area contributed by atoms with Gasteiger partial charge in [0.15, 0.2) is 9.84 Å². The number of fused-ring (bicyclic) bond motifs is 1. The average Bonchev–Trinajstić information content (AvgIpc) is 2.74. The molecule has 1 aliphatic heterocycles. The standard InChI is InChI=1S/C22H20BrNO4S2/c23-19-11-12-22-18(14-19)13-17(16-29(25,26)20-7-3-1-4-8-20)15-24(22)30(27,28)21-9-5-2-6-10-21/h1-12,14,17H,13,15-16H2. The van der Waals surface area contributed by atoms with Crippen molar-refractivity contribution in [2.75, 3.05) is 16.6 Å². The topological polar surface area (TPSA) is 71.5 Å². The molecule has 1 heterocycles. The summed E-state index contributed by atoms with van der Waals surface area (Å²) < 4.78 is 54.8. The van der Waals surface area contributed by atoms with Crippen molar-refractivity contribution in [2.24, 2.45) is 5.92 Å². The molecule has 0 spiro atoms. The van der Waals surface area contributed by atoms with Crippen molar-refractivity contribution < 1.29 is 16.8 Å². The lowest BCUT2D eigenvalue weighted by Gasteiger charge is -2.35. The number of hydrogen-bond acceptors (Lipinski definition) is 4. The normalized spacial score (nSPS) is 16.8. The van der Waals surface area contributed by atoms with Crippen molar-refractivity contribution in [1.29, 1.82) is 0 Å². The summed E-state index contributed by atoms with van der Waals surface area (Å²) in [7, 11) is -7.36. The summed E-state index contributed by atoms with van der Waals surface area (Å²) in [5.74, 6) is -0.487. The molecule has 1 atom stereocenters. The minimum absolute atomic E-state index is 0.109. The molecule has 0 aliphatic carbocycles. The molecule has 0 amide bonds. The van der Waals surface area contributed by atoms with Crippen LogP contribution in [0.2, 0.25) is 0 Å². The van der Waals surface area contributed by atoms with Crippen LogP contribution in [0.25, 0.3) is 0 Å². The van der Waals surface area contributed by atoms with Crippen molar-refractivity contribution in [2.45, 2.75) is 16.2 Å². The van der Waals surface area contributed by atoms with Gasteiger partial charge in [0.05, 0.1) is 21.2 Å². The van der Waals surface area contributed by atoms with E-state index in [1.807, 2.05) is 6.07 Å². The maximum absolute atomic E-state index is 13.4. The summed E-state index contributed by atoms with van der Waals surface area (Å²) >= 11 is 3.44. The smallest absolute Gasteiger partial charge is 0.264 e. The van der Waals surface area contributed by atoms with Gasteiger partial charge in [-0.1, -0.05) is 52.3 Å². The van der Waals surface area contributed by atoms with Crippen molar-refractivity contribution in [1.82, 2.24) is 0 Å². The van der Waals surface area contributed by atoms with Gasteiger partial charge in [0.25, 0.3) is 10.0 Å². The van der Waals surface area contributed by atoms with Crippen molar-refractivity contribution in [3.8, 4) is 0 Å². The van der Waals surface area contributed by atoms with Gasteiger partial charge in [-0.2, -0.15) is 0 Å². The maximum Gasteiger partial charge on any atom is 0.264 e. The molecule has 8 heteroatoms. The lowest BCUT2D eigenvalue weighted by Crippen LogP contribution is -2.42. The Labute approximate surface area is 185 Å². The Morgan fingerprint density at radius 2 is 1.43 bits per heavy atom. The Bertz CT molecular complexity index is 1260. The van der Waals surface area contributed by atoms with Gasteiger partial charge in [0.2, 0.25) is 0 Å². The van der Waals surface area contributed by atoms with Gasteiger partial charge in [-0.05, 0) is 60.4 Å². The molecule has 3 aromatic carbocycles. The molecular weight excluding hydrogens is 486 g/mol. The third-order valence-corrected chi connectivity index (χ3v) is 9.32. The zero-order valence-corrected chi connectivity index (χ0v) is 19.2. The second kappa shape index (κ2) is 8.17. The van der Waals surface area contributed by atoms with Crippen molar-refractivity contribution in [3.05, 3.63) is 88.9 Å². The number of halogens is 1. The van der Waals surface area contributed by atoms with Crippen LogP contribution in [0, 0.1) is 5.92 Å². The van der Waals surface area contributed by atoms with Gasteiger partial charge in [-0.25, -0.2) is 16.8 Å². The number of nitrogens with zero attached hydrogens (tertiary/aromatic N) is 1. The first-order valence-electron chi connectivity index (χ1n) is 9.41. The first kappa shape index (κ1) is 21.1. The van der Waals surface area contributed by atoms with Crippen LogP contribution in [0.1, 0.15) is 5.56 Å². The first-order chi connectivity index (χ1) is 14.3. The zero-order chi connectivity index (χ0) is 21.4. The van der Waals surface area contributed by atoms with Crippen LogP contribution < -0.4 is 4.31 Å². The van der Waals surface area contributed by atoms with E-state index in [2.05, 4.69) is 15.9 Å². The highest BCUT2D eigenvalue weighted by Gasteiger charge is 2.35. The van der Waals surface area contributed by atoms with E-state index in [9.17, 15) is 16.8 Å². The SMILES string of the molecule is O=S(=O)(CC1Cc2cc(Br)ccc2N(S(=O)(=O)c2ccccc2)C1)c1ccccc1. The molecule has 4 rings (SSSR count). The van der Waals surface area contributed by atoms with Crippen LogP contribution >= 0.6 is 15.9 Å². The van der Waals surface area contributed by atoms with Crippen LogP contribution in [0.15, 0.2) is 93.1 Å². The second-order valence-electron chi connectivity index (χ2n) is 7.29. The fourth-order valence-corrected chi connectivity index (χ4v) is 7.38. The number of rotatable bonds is 5. The molecule has 5 nitrogen and oxygen atoms in total. The molecule has 0 bridgehead atoms. The molecule has 30 heavy (non-hydrogen) atoms. The molecule has 0 saturated carbocycles. The molecule has 0 aromatic heterocycles. The Kier molecular flexibility index (Phi) is 5.74. The van der Waals surface area contributed by atoms with E-state index < -0.39 is 19.9 Å². The Balaban J connectivity index is 1.73. The Morgan fingerprint density at radius 3 is 2.07 bits per heavy atom. The minimum atomic E-state index is -3.82. The predicted molar refractivity (Wildman–Crippen MR) is 121 cm³/mol. The summed E-state index contributed by atoms with van der Waals surface area (Å²) in [6, 6.07) is 21.9. The van der Waals surface area contributed by atoms with Crippen LogP contribution in [-0.4, -0.2) is 29.1 Å². The van der Waals surface area contributed by atoms with Gasteiger partial charge >= 0.3 is 0 Å². The fourth-order valence-electron chi connectivity index (χ4n) is 3.76. The summed E-state index contributed by atoms with van der Waals surface area (Å²) in [6.07, 6.45) is 0.488. The first-order valence-corrected chi connectivity index (χ1v) is 13.3. The molecule has 1 aliphatic rings. The van der Waals surface area contributed by atoms with Gasteiger partial charge < -0.3 is 0 Å². The summed E-state index contributed by atoms with van der Waals surface area (Å²) in [5, 5.41) is 0. The number of sulfone groups is 1. The fraction of sp³-hybridized carbons (Fsp3) is 0.182. The molecule has 0 saturated heterocycles. The molecule has 0 radical (unpaired) electrons. The van der Waals surface area contributed by atoms with Gasteiger partial charge in [-0.3, -0.25) is 4.31 Å². The van der Waals surface area contributed by atoms with Gasteiger partial charge in [0.1, 0.15) is 0 Å². The van der Waals surface area contributed by atoms with E-state index in [1.165, 1.54) is 4.31 Å². The lowest BCUT2D eigenvalue weighted by atomic mass is 9.95.